The van der Waals surface area contributed by atoms with E-state index in [4.69, 9.17) is 9.26 Å². The quantitative estimate of drug-likeness (QED) is 0.401. The SMILES string of the molecule is Cc1noc(C)c1CSc1ncccc1C(=O)Nc1ccc2nc(C3CCCO3)[nH]c2c1. The maximum absolute atomic E-state index is 13.0. The number of pyridine rings is 1. The van der Waals surface area contributed by atoms with Gasteiger partial charge in [-0.2, -0.15) is 0 Å². The summed E-state index contributed by atoms with van der Waals surface area (Å²) < 4.78 is 10.9. The fourth-order valence-corrected chi connectivity index (χ4v) is 4.92. The Morgan fingerprint density at radius 1 is 1.31 bits per heavy atom. The molecular weight excluding hydrogens is 426 g/mol. The zero-order chi connectivity index (χ0) is 22.1. The summed E-state index contributed by atoms with van der Waals surface area (Å²) >= 11 is 1.49. The summed E-state index contributed by atoms with van der Waals surface area (Å²) in [5.41, 5.74) is 4.81. The molecule has 1 amide bonds. The third kappa shape index (κ3) is 4.13. The van der Waals surface area contributed by atoms with E-state index in [-0.39, 0.29) is 12.0 Å². The Kier molecular flexibility index (Phi) is 5.67. The summed E-state index contributed by atoms with van der Waals surface area (Å²) in [5, 5.41) is 7.63. The van der Waals surface area contributed by atoms with Gasteiger partial charge in [0.05, 0.1) is 22.3 Å². The number of hydrogen-bond acceptors (Lipinski definition) is 7. The first kappa shape index (κ1) is 20.7. The van der Waals surface area contributed by atoms with Crippen LogP contribution in [0.2, 0.25) is 0 Å². The van der Waals surface area contributed by atoms with Crippen LogP contribution in [-0.2, 0) is 10.5 Å². The Bertz CT molecular complexity index is 1260. The van der Waals surface area contributed by atoms with Crippen molar-refractivity contribution in [3.63, 3.8) is 0 Å². The molecule has 1 saturated heterocycles. The van der Waals surface area contributed by atoms with Crippen LogP contribution in [0.4, 0.5) is 5.69 Å². The van der Waals surface area contributed by atoms with Crippen LogP contribution in [0.3, 0.4) is 0 Å². The average molecular weight is 450 g/mol. The predicted molar refractivity (Wildman–Crippen MR) is 122 cm³/mol. The van der Waals surface area contributed by atoms with Crippen molar-refractivity contribution < 1.29 is 14.1 Å². The number of carbonyl (C=O) groups is 1. The molecule has 0 saturated carbocycles. The van der Waals surface area contributed by atoms with Gasteiger partial charge >= 0.3 is 0 Å². The molecule has 1 aromatic carbocycles. The Morgan fingerprint density at radius 2 is 2.22 bits per heavy atom. The van der Waals surface area contributed by atoms with Gasteiger partial charge in [0.15, 0.2) is 0 Å². The summed E-state index contributed by atoms with van der Waals surface area (Å²) in [5.74, 6) is 2.04. The fraction of sp³-hybridized carbons (Fsp3) is 0.304. The molecule has 0 radical (unpaired) electrons. The normalized spacial score (nSPS) is 16.0. The van der Waals surface area contributed by atoms with Gasteiger partial charge < -0.3 is 19.6 Å². The second-order valence-corrected chi connectivity index (χ2v) is 8.72. The Labute approximate surface area is 189 Å². The summed E-state index contributed by atoms with van der Waals surface area (Å²) in [4.78, 5) is 25.4. The van der Waals surface area contributed by atoms with Crippen molar-refractivity contribution >= 4 is 34.4 Å². The van der Waals surface area contributed by atoms with Crippen molar-refractivity contribution in [3.8, 4) is 0 Å². The maximum Gasteiger partial charge on any atom is 0.258 e. The molecule has 8 nitrogen and oxygen atoms in total. The van der Waals surface area contributed by atoms with Crippen LogP contribution in [0.25, 0.3) is 11.0 Å². The standard InChI is InChI=1S/C23H23N5O3S/c1-13-17(14(2)31-28-13)12-32-23-16(5-3-9-24-23)22(29)25-15-7-8-18-19(11-15)27-21(26-18)20-6-4-10-30-20/h3,5,7-9,11,20H,4,6,10,12H2,1-2H3,(H,25,29)(H,26,27). The van der Waals surface area contributed by atoms with Crippen molar-refractivity contribution in [1.29, 1.82) is 0 Å². The molecule has 0 bridgehead atoms. The van der Waals surface area contributed by atoms with E-state index in [0.717, 1.165) is 53.3 Å². The lowest BCUT2D eigenvalue weighted by atomic mass is 10.2. The molecule has 9 heteroatoms. The highest BCUT2D eigenvalue weighted by Crippen LogP contribution is 2.30. The first-order valence-electron chi connectivity index (χ1n) is 10.5. The van der Waals surface area contributed by atoms with Gasteiger partial charge in [0.1, 0.15) is 22.7 Å². The van der Waals surface area contributed by atoms with Crippen LogP contribution in [0.5, 0.6) is 0 Å². The van der Waals surface area contributed by atoms with E-state index in [1.165, 1.54) is 11.8 Å². The lowest BCUT2D eigenvalue weighted by Gasteiger charge is -2.09. The van der Waals surface area contributed by atoms with Crippen molar-refractivity contribution in [2.45, 2.75) is 43.6 Å². The molecule has 3 aromatic heterocycles. The number of aromatic nitrogens is 4. The number of thioether (sulfide) groups is 1. The van der Waals surface area contributed by atoms with Crippen LogP contribution in [-0.4, -0.2) is 32.6 Å². The van der Waals surface area contributed by atoms with E-state index >= 15 is 0 Å². The smallest absolute Gasteiger partial charge is 0.258 e. The molecule has 1 fully saturated rings. The van der Waals surface area contributed by atoms with E-state index in [1.807, 2.05) is 32.0 Å². The van der Waals surface area contributed by atoms with Gasteiger partial charge in [-0.15, -0.1) is 11.8 Å². The van der Waals surface area contributed by atoms with Gasteiger partial charge in [-0.1, -0.05) is 5.16 Å². The molecule has 1 unspecified atom stereocenters. The summed E-state index contributed by atoms with van der Waals surface area (Å²) in [6.45, 7) is 4.57. The number of ether oxygens (including phenoxy) is 1. The Hall–Kier alpha value is -3.17. The number of H-pyrrole nitrogens is 1. The highest BCUT2D eigenvalue weighted by molar-refractivity contribution is 7.98. The second-order valence-electron chi connectivity index (χ2n) is 7.76. The number of aryl methyl sites for hydroxylation is 2. The molecule has 0 spiro atoms. The van der Waals surface area contributed by atoms with Crippen LogP contribution in [0.15, 0.2) is 46.1 Å². The molecule has 1 aliphatic heterocycles. The fourth-order valence-electron chi connectivity index (χ4n) is 3.78. The van der Waals surface area contributed by atoms with E-state index in [9.17, 15) is 4.79 Å². The van der Waals surface area contributed by atoms with E-state index < -0.39 is 0 Å². The predicted octanol–water partition coefficient (Wildman–Crippen LogP) is 4.96. The zero-order valence-corrected chi connectivity index (χ0v) is 18.7. The zero-order valence-electron chi connectivity index (χ0n) is 17.8. The molecule has 2 N–H and O–H groups in total. The van der Waals surface area contributed by atoms with Gasteiger partial charge in [0, 0.05) is 29.8 Å². The summed E-state index contributed by atoms with van der Waals surface area (Å²) in [7, 11) is 0. The first-order valence-corrected chi connectivity index (χ1v) is 11.5. The molecular formula is C23H23N5O3S. The number of aromatic amines is 1. The number of nitrogens with one attached hydrogen (secondary N) is 2. The third-order valence-electron chi connectivity index (χ3n) is 5.54. The highest BCUT2D eigenvalue weighted by Gasteiger charge is 2.21. The van der Waals surface area contributed by atoms with Crippen LogP contribution >= 0.6 is 11.8 Å². The molecule has 4 aromatic rings. The minimum Gasteiger partial charge on any atom is -0.370 e. The maximum atomic E-state index is 13.0. The first-order chi connectivity index (χ1) is 15.6. The number of imidazole rings is 1. The monoisotopic (exact) mass is 449 g/mol. The largest absolute Gasteiger partial charge is 0.370 e. The van der Waals surface area contributed by atoms with Crippen molar-refractivity contribution in [2.75, 3.05) is 11.9 Å². The van der Waals surface area contributed by atoms with E-state index in [2.05, 4.69) is 25.4 Å². The van der Waals surface area contributed by atoms with Crippen molar-refractivity contribution in [1.82, 2.24) is 20.1 Å². The van der Waals surface area contributed by atoms with Crippen LogP contribution in [0.1, 0.15) is 52.1 Å². The number of hydrogen-bond donors (Lipinski definition) is 2. The lowest BCUT2D eigenvalue weighted by molar-refractivity contribution is 0.102. The van der Waals surface area contributed by atoms with Crippen LogP contribution < -0.4 is 5.32 Å². The molecule has 32 heavy (non-hydrogen) atoms. The number of fused-ring (bicyclic) bond motifs is 1. The van der Waals surface area contributed by atoms with E-state index in [1.54, 1.807) is 18.3 Å². The number of amides is 1. The summed E-state index contributed by atoms with van der Waals surface area (Å²) in [6.07, 6.45) is 3.73. The minimum absolute atomic E-state index is 0.0214. The molecule has 0 aliphatic carbocycles. The van der Waals surface area contributed by atoms with Gasteiger partial charge in [-0.05, 0) is 57.0 Å². The molecule has 1 aliphatic rings. The van der Waals surface area contributed by atoms with Gasteiger partial charge in [0.2, 0.25) is 0 Å². The van der Waals surface area contributed by atoms with Crippen molar-refractivity contribution in [2.24, 2.45) is 0 Å². The number of rotatable bonds is 6. The molecule has 1 atom stereocenters. The van der Waals surface area contributed by atoms with Gasteiger partial charge in [0.25, 0.3) is 5.91 Å². The average Bonchev–Trinajstić information content (AvgIpc) is 3.53. The van der Waals surface area contributed by atoms with Crippen LogP contribution in [0, 0.1) is 13.8 Å². The lowest BCUT2D eigenvalue weighted by Crippen LogP contribution is -2.13. The highest BCUT2D eigenvalue weighted by atomic mass is 32.2. The van der Waals surface area contributed by atoms with Gasteiger partial charge in [-0.25, -0.2) is 9.97 Å². The minimum atomic E-state index is -0.211. The number of carbonyl (C=O) groups excluding carboxylic acids is 1. The number of nitrogens with zero attached hydrogens (tertiary/aromatic N) is 3. The Morgan fingerprint density at radius 3 is 3.00 bits per heavy atom. The van der Waals surface area contributed by atoms with Crippen molar-refractivity contribution in [3.05, 3.63) is 64.9 Å². The topological polar surface area (TPSA) is 106 Å². The molecule has 4 heterocycles. The third-order valence-corrected chi connectivity index (χ3v) is 6.57. The van der Waals surface area contributed by atoms with E-state index in [0.29, 0.717) is 22.0 Å². The number of benzene rings is 1. The van der Waals surface area contributed by atoms with Gasteiger partial charge in [-0.3, -0.25) is 4.79 Å². The summed E-state index contributed by atoms with van der Waals surface area (Å²) in [6, 6.07) is 9.19. The molecule has 5 rings (SSSR count). The number of anilines is 1. The molecule has 164 valence electrons. The second kappa shape index (κ2) is 8.76. The Balaban J connectivity index is 1.33.